The number of amides is 1. The number of nitrogens with zero attached hydrogens (tertiary/aromatic N) is 3. The molecule has 1 amide bonds. The minimum atomic E-state index is -3.73. The van der Waals surface area contributed by atoms with E-state index in [4.69, 9.17) is 14.2 Å². The second kappa shape index (κ2) is 14.5. The molecular formula is C29H37N3O7S2. The van der Waals surface area contributed by atoms with Crippen LogP contribution in [0.25, 0.3) is 0 Å². The molecule has 1 heterocycles. The Hall–Kier alpha value is -3.32. The van der Waals surface area contributed by atoms with Crippen LogP contribution in [-0.4, -0.2) is 82.0 Å². The van der Waals surface area contributed by atoms with E-state index < -0.39 is 21.6 Å². The number of aryl methyl sites for hydroxylation is 2. The van der Waals surface area contributed by atoms with Gasteiger partial charge in [-0.05, 0) is 37.5 Å². The Morgan fingerprint density at radius 2 is 1.63 bits per heavy atom. The zero-order valence-electron chi connectivity index (χ0n) is 24.3. The Balaban J connectivity index is 1.91. The van der Waals surface area contributed by atoms with Crippen LogP contribution in [0.1, 0.15) is 48.3 Å². The fourth-order valence-electron chi connectivity index (χ4n) is 4.25. The summed E-state index contributed by atoms with van der Waals surface area (Å²) in [7, 11) is 3.64. The number of ketones is 1. The van der Waals surface area contributed by atoms with Gasteiger partial charge in [0.05, 0.1) is 32.9 Å². The smallest absolute Gasteiger partial charge is 0.254 e. The predicted octanol–water partition coefficient (Wildman–Crippen LogP) is 3.96. The number of carbonyl (C=O) groups is 2. The summed E-state index contributed by atoms with van der Waals surface area (Å²) < 4.78 is 41.9. The molecule has 0 fully saturated rings. The van der Waals surface area contributed by atoms with Crippen molar-refractivity contribution in [2.24, 2.45) is 0 Å². The van der Waals surface area contributed by atoms with Gasteiger partial charge >= 0.3 is 0 Å². The van der Waals surface area contributed by atoms with Gasteiger partial charge in [0.15, 0.2) is 5.78 Å². The van der Waals surface area contributed by atoms with Crippen LogP contribution >= 0.6 is 11.3 Å². The van der Waals surface area contributed by atoms with Crippen molar-refractivity contribution in [3.8, 4) is 11.5 Å². The summed E-state index contributed by atoms with van der Waals surface area (Å²) in [4.78, 5) is 33.5. The van der Waals surface area contributed by atoms with Crippen molar-refractivity contribution < 1.29 is 32.2 Å². The SMILES string of the molecule is COCc1c(OC)cc(C(=O)N(CCCc2ccccc2)Cc2nc(C(=O)CS(=O)(=O)N(C)C)c(C)s2)cc1OC. The summed E-state index contributed by atoms with van der Waals surface area (Å²) >= 11 is 1.27. The molecule has 0 aliphatic rings. The van der Waals surface area contributed by atoms with Gasteiger partial charge in [0.2, 0.25) is 10.0 Å². The van der Waals surface area contributed by atoms with Crippen LogP contribution < -0.4 is 9.47 Å². The molecule has 0 unspecified atom stereocenters. The van der Waals surface area contributed by atoms with Gasteiger partial charge in [-0.15, -0.1) is 11.3 Å². The Kier molecular flexibility index (Phi) is 11.4. The molecule has 0 spiro atoms. The zero-order valence-corrected chi connectivity index (χ0v) is 25.9. The summed E-state index contributed by atoms with van der Waals surface area (Å²) in [5.74, 6) is -0.562. The number of rotatable bonds is 15. The van der Waals surface area contributed by atoms with Crippen molar-refractivity contribution in [1.29, 1.82) is 0 Å². The maximum atomic E-state index is 13.9. The lowest BCUT2D eigenvalue weighted by Crippen LogP contribution is -2.32. The van der Waals surface area contributed by atoms with Gasteiger partial charge in [0, 0.05) is 38.2 Å². The number of hydrogen-bond donors (Lipinski definition) is 0. The van der Waals surface area contributed by atoms with E-state index in [1.54, 1.807) is 31.1 Å². The first-order chi connectivity index (χ1) is 19.5. The second-order valence-electron chi connectivity index (χ2n) is 9.58. The van der Waals surface area contributed by atoms with E-state index in [0.29, 0.717) is 45.5 Å². The van der Waals surface area contributed by atoms with E-state index in [1.807, 2.05) is 30.3 Å². The molecule has 222 valence electrons. The minimum absolute atomic E-state index is 0.111. The number of thiazole rings is 1. The highest BCUT2D eigenvalue weighted by Gasteiger charge is 2.26. The van der Waals surface area contributed by atoms with E-state index in [-0.39, 0.29) is 24.8 Å². The van der Waals surface area contributed by atoms with E-state index >= 15 is 0 Å². The van der Waals surface area contributed by atoms with Gasteiger partial charge in [-0.2, -0.15) is 0 Å². The van der Waals surface area contributed by atoms with E-state index in [2.05, 4.69) is 4.98 Å². The lowest BCUT2D eigenvalue weighted by Gasteiger charge is -2.23. The standard InChI is InChI=1S/C29H37N3O7S2/c1-20-28(24(33)19-41(35,36)31(2)3)30-27(40-20)17-32(14-10-13-21-11-8-7-9-12-21)29(34)22-15-25(38-5)23(18-37-4)26(16-22)39-6/h7-9,11-12,15-16H,10,13-14,17-19H2,1-6H3. The number of benzene rings is 2. The Morgan fingerprint density at radius 1 is 1.00 bits per heavy atom. The first kappa shape index (κ1) is 32.2. The monoisotopic (exact) mass is 603 g/mol. The number of aromatic nitrogens is 1. The molecule has 0 radical (unpaired) electrons. The number of Topliss-reactive ketones (excluding diaryl/α,β-unsaturated/α-hetero) is 1. The van der Waals surface area contributed by atoms with Gasteiger partial charge in [0.1, 0.15) is 28.0 Å². The lowest BCUT2D eigenvalue weighted by atomic mass is 10.1. The predicted molar refractivity (Wildman–Crippen MR) is 158 cm³/mol. The third-order valence-corrected chi connectivity index (χ3v) is 9.16. The van der Waals surface area contributed by atoms with Gasteiger partial charge in [-0.25, -0.2) is 17.7 Å². The molecule has 0 saturated carbocycles. The molecule has 41 heavy (non-hydrogen) atoms. The number of sulfonamides is 1. The summed E-state index contributed by atoms with van der Waals surface area (Å²) in [6.45, 7) is 2.55. The zero-order chi connectivity index (χ0) is 30.2. The van der Waals surface area contributed by atoms with Crippen LogP contribution in [0.3, 0.4) is 0 Å². The lowest BCUT2D eigenvalue weighted by molar-refractivity contribution is 0.0740. The maximum absolute atomic E-state index is 13.9. The van der Waals surface area contributed by atoms with Gasteiger partial charge < -0.3 is 19.1 Å². The number of hydrogen-bond acceptors (Lipinski definition) is 9. The van der Waals surface area contributed by atoms with Crippen LogP contribution in [-0.2, 0) is 34.3 Å². The molecular weight excluding hydrogens is 566 g/mol. The summed E-state index contributed by atoms with van der Waals surface area (Å²) in [6.07, 6.45) is 1.47. The molecule has 0 aliphatic heterocycles. The second-order valence-corrected chi connectivity index (χ2v) is 13.1. The molecule has 0 bridgehead atoms. The Morgan fingerprint density at radius 3 is 2.20 bits per heavy atom. The minimum Gasteiger partial charge on any atom is -0.496 e. The van der Waals surface area contributed by atoms with Crippen LogP contribution in [0.15, 0.2) is 42.5 Å². The number of methoxy groups -OCH3 is 3. The number of carbonyl (C=O) groups excluding carboxylic acids is 2. The van der Waals surface area contributed by atoms with Crippen LogP contribution in [0.2, 0.25) is 0 Å². The van der Waals surface area contributed by atoms with E-state index in [1.165, 1.54) is 39.7 Å². The fraction of sp³-hybridized carbons (Fsp3) is 0.414. The normalized spacial score (nSPS) is 11.5. The van der Waals surface area contributed by atoms with Crippen molar-refractivity contribution in [1.82, 2.24) is 14.2 Å². The highest BCUT2D eigenvalue weighted by Crippen LogP contribution is 2.32. The molecule has 0 N–H and O–H groups in total. The van der Waals surface area contributed by atoms with Crippen molar-refractivity contribution in [2.75, 3.05) is 47.7 Å². The van der Waals surface area contributed by atoms with Crippen LogP contribution in [0.5, 0.6) is 11.5 Å². The van der Waals surface area contributed by atoms with Crippen LogP contribution in [0, 0.1) is 6.92 Å². The average Bonchev–Trinajstić information content (AvgIpc) is 3.32. The highest BCUT2D eigenvalue weighted by atomic mass is 32.2. The first-order valence-corrected chi connectivity index (χ1v) is 15.4. The third kappa shape index (κ3) is 8.35. The maximum Gasteiger partial charge on any atom is 0.254 e. The first-order valence-electron chi connectivity index (χ1n) is 13.0. The van der Waals surface area contributed by atoms with E-state index in [9.17, 15) is 18.0 Å². The van der Waals surface area contributed by atoms with Crippen molar-refractivity contribution in [3.05, 3.63) is 74.7 Å². The van der Waals surface area contributed by atoms with Gasteiger partial charge in [0.25, 0.3) is 5.91 Å². The molecule has 0 atom stereocenters. The molecule has 0 aliphatic carbocycles. The van der Waals surface area contributed by atoms with Crippen LogP contribution in [0.4, 0.5) is 0 Å². The van der Waals surface area contributed by atoms with Crippen molar-refractivity contribution in [3.63, 3.8) is 0 Å². The molecule has 1 aromatic heterocycles. The largest absolute Gasteiger partial charge is 0.496 e. The van der Waals surface area contributed by atoms with Crippen molar-refractivity contribution >= 4 is 33.1 Å². The Labute approximate surface area is 245 Å². The molecule has 3 aromatic rings. The topological polar surface area (TPSA) is 115 Å². The Bertz CT molecular complexity index is 1430. The third-order valence-electron chi connectivity index (χ3n) is 6.47. The fourth-order valence-corrected chi connectivity index (χ4v) is 5.94. The quantitative estimate of drug-likeness (QED) is 0.240. The molecule has 0 saturated heterocycles. The molecule has 10 nitrogen and oxygen atoms in total. The molecule has 2 aromatic carbocycles. The summed E-state index contributed by atoms with van der Waals surface area (Å²) in [5, 5.41) is 0.538. The number of ether oxygens (including phenoxy) is 3. The highest BCUT2D eigenvalue weighted by molar-refractivity contribution is 7.89. The van der Waals surface area contributed by atoms with Crippen molar-refractivity contribution in [2.45, 2.75) is 32.9 Å². The summed E-state index contributed by atoms with van der Waals surface area (Å²) in [6, 6.07) is 13.3. The van der Waals surface area contributed by atoms with Gasteiger partial charge in [-0.1, -0.05) is 30.3 Å². The average molecular weight is 604 g/mol. The van der Waals surface area contributed by atoms with Gasteiger partial charge in [-0.3, -0.25) is 9.59 Å². The van der Waals surface area contributed by atoms with E-state index in [0.717, 1.165) is 16.3 Å². The molecule has 3 rings (SSSR count). The summed E-state index contributed by atoms with van der Waals surface area (Å²) in [5.41, 5.74) is 2.34. The molecule has 12 heteroatoms.